The normalized spacial score (nSPS) is 13.7. The van der Waals surface area contributed by atoms with Crippen LogP contribution >= 0.6 is 11.8 Å². The van der Waals surface area contributed by atoms with Crippen LogP contribution in [0.25, 0.3) is 22.3 Å². The maximum absolute atomic E-state index is 12.6. The van der Waals surface area contributed by atoms with Crippen LogP contribution < -0.4 is 10.6 Å². The summed E-state index contributed by atoms with van der Waals surface area (Å²) in [4.78, 5) is 61.3. The van der Waals surface area contributed by atoms with E-state index in [1.165, 1.54) is 18.7 Å². The highest BCUT2D eigenvalue weighted by atomic mass is 32.2. The molecule has 3 N–H and O–H groups in total. The van der Waals surface area contributed by atoms with E-state index in [9.17, 15) is 24.0 Å². The fourth-order valence-electron chi connectivity index (χ4n) is 7.61. The second-order valence-corrected chi connectivity index (χ2v) is 18.7. The Balaban J connectivity index is 0.000000239. The van der Waals surface area contributed by atoms with Gasteiger partial charge in [0.15, 0.2) is 5.12 Å². The molecule has 0 radical (unpaired) electrons. The van der Waals surface area contributed by atoms with Gasteiger partial charge >= 0.3 is 24.1 Å². The summed E-state index contributed by atoms with van der Waals surface area (Å²) in [7, 11) is 0. The van der Waals surface area contributed by atoms with Gasteiger partial charge in [-0.25, -0.2) is 19.2 Å². The summed E-state index contributed by atoms with van der Waals surface area (Å²) < 4.78 is 21.9. The first-order valence-corrected chi connectivity index (χ1v) is 22.4. The summed E-state index contributed by atoms with van der Waals surface area (Å²) in [5.74, 6) is -0.593. The molecular weight excluding hydrogens is 821 g/mol. The third kappa shape index (κ3) is 13.9. The monoisotopic (exact) mass is 880 g/mol. The highest BCUT2D eigenvalue weighted by molar-refractivity contribution is 8.13. The number of benzene rings is 4. The van der Waals surface area contributed by atoms with E-state index in [2.05, 4.69) is 47.0 Å². The van der Waals surface area contributed by atoms with Gasteiger partial charge < -0.3 is 34.7 Å². The Morgan fingerprint density at radius 3 is 1.22 bits per heavy atom. The molecule has 336 valence electrons. The summed E-state index contributed by atoms with van der Waals surface area (Å²) in [6.07, 6.45) is 0.248. The van der Waals surface area contributed by atoms with Crippen LogP contribution in [0.5, 0.6) is 0 Å². The number of hydrogen-bond donors (Lipinski definition) is 3. The first-order chi connectivity index (χ1) is 30.0. The minimum atomic E-state index is -0.868. The van der Waals surface area contributed by atoms with Crippen molar-refractivity contribution in [2.45, 2.75) is 109 Å². The van der Waals surface area contributed by atoms with Crippen molar-refractivity contribution in [2.75, 3.05) is 25.6 Å². The molecule has 0 saturated carbocycles. The number of nitrogens with one attached hydrogen (secondary N) is 2. The van der Waals surface area contributed by atoms with Crippen molar-refractivity contribution in [3.63, 3.8) is 0 Å². The van der Waals surface area contributed by atoms with Crippen LogP contribution in [-0.4, -0.2) is 83.2 Å². The van der Waals surface area contributed by atoms with Crippen molar-refractivity contribution in [1.82, 2.24) is 10.6 Å². The lowest BCUT2D eigenvalue weighted by Crippen LogP contribution is -2.44. The number of carbonyl (C=O) groups excluding carboxylic acids is 5. The molecule has 4 aromatic rings. The number of aliphatic hydroxyl groups excluding tert-OH is 1. The second-order valence-electron chi connectivity index (χ2n) is 17.5. The quantitative estimate of drug-likeness (QED) is 0.0592. The van der Waals surface area contributed by atoms with Gasteiger partial charge in [0.25, 0.3) is 0 Å². The number of aliphatic hydroxyl groups is 1. The highest BCUT2D eigenvalue weighted by Gasteiger charge is 2.33. The molecule has 0 saturated heterocycles. The summed E-state index contributed by atoms with van der Waals surface area (Å²) >= 11 is 1.20. The number of ether oxygens (including phenoxy) is 4. The predicted octanol–water partition coefficient (Wildman–Crippen LogP) is 9.30. The number of fused-ring (bicyclic) bond motifs is 6. The highest BCUT2D eigenvalue weighted by Crippen LogP contribution is 2.45. The maximum atomic E-state index is 12.6. The Labute approximate surface area is 374 Å². The number of hydrogen-bond acceptors (Lipinski definition) is 11. The van der Waals surface area contributed by atoms with Crippen LogP contribution in [0.4, 0.5) is 9.59 Å². The maximum Gasteiger partial charge on any atom is 0.407 e. The molecule has 2 atom stereocenters. The summed E-state index contributed by atoms with van der Waals surface area (Å²) in [6, 6.07) is 30.7. The molecule has 13 heteroatoms. The van der Waals surface area contributed by atoms with Crippen molar-refractivity contribution in [1.29, 1.82) is 0 Å². The molecule has 2 amide bonds. The summed E-state index contributed by atoms with van der Waals surface area (Å²) in [5.41, 5.74) is 7.74. The van der Waals surface area contributed by atoms with E-state index in [0.717, 1.165) is 44.5 Å². The van der Waals surface area contributed by atoms with Gasteiger partial charge in [0, 0.05) is 31.1 Å². The van der Waals surface area contributed by atoms with Gasteiger partial charge in [-0.1, -0.05) is 109 Å². The summed E-state index contributed by atoms with van der Waals surface area (Å²) in [5, 5.41) is 14.4. The van der Waals surface area contributed by atoms with E-state index in [1.807, 2.05) is 60.7 Å². The number of alkyl carbamates (subject to hydrolysis) is 2. The summed E-state index contributed by atoms with van der Waals surface area (Å²) in [6.45, 7) is 12.4. The molecule has 4 aromatic carbocycles. The lowest BCUT2D eigenvalue weighted by Gasteiger charge is -2.24. The minimum absolute atomic E-state index is 0.0216. The molecule has 2 aliphatic rings. The molecule has 0 heterocycles. The van der Waals surface area contributed by atoms with Crippen molar-refractivity contribution >= 4 is 41.0 Å². The van der Waals surface area contributed by atoms with Gasteiger partial charge in [0.2, 0.25) is 0 Å². The Morgan fingerprint density at radius 1 is 0.571 bits per heavy atom. The average Bonchev–Trinajstić information content (AvgIpc) is 3.73. The smallest absolute Gasteiger partial charge is 0.407 e. The fraction of sp³-hybridized carbons (Fsp3) is 0.420. The van der Waals surface area contributed by atoms with Crippen LogP contribution in [-0.2, 0) is 33.3 Å². The average molecular weight is 881 g/mol. The Kier molecular flexibility index (Phi) is 17.0. The lowest BCUT2D eigenvalue weighted by molar-refractivity contribution is -0.158. The fourth-order valence-corrected chi connectivity index (χ4v) is 8.21. The first kappa shape index (κ1) is 48.4. The lowest BCUT2D eigenvalue weighted by atomic mass is 9.98. The number of amides is 2. The van der Waals surface area contributed by atoms with Gasteiger partial charge in [-0.2, -0.15) is 0 Å². The third-order valence-corrected chi connectivity index (χ3v) is 11.1. The van der Waals surface area contributed by atoms with Crippen LogP contribution in [0.2, 0.25) is 0 Å². The van der Waals surface area contributed by atoms with Gasteiger partial charge in [-0.05, 0) is 112 Å². The SMILES string of the molecule is CC(=O)SCCCC(NC(=O)OCC1c2ccccc2-c2ccccc21)C(=O)OC(C)(C)C.CC(C)(C)OC(=O)C(CCCO)NC(=O)OCC1c2ccccc2-c2ccccc21. The molecule has 2 unspecified atom stereocenters. The zero-order valence-corrected chi connectivity index (χ0v) is 38.1. The number of esters is 2. The molecule has 0 spiro atoms. The largest absolute Gasteiger partial charge is 0.458 e. The molecule has 2 aliphatic carbocycles. The first-order valence-electron chi connectivity index (χ1n) is 21.4. The number of rotatable bonds is 15. The third-order valence-electron chi connectivity index (χ3n) is 10.2. The Bertz CT molecular complexity index is 2140. The van der Waals surface area contributed by atoms with Gasteiger partial charge in [0.1, 0.15) is 36.5 Å². The molecule has 0 aromatic heterocycles. The second kappa shape index (κ2) is 22.1. The number of thioether (sulfide) groups is 1. The van der Waals surface area contributed by atoms with E-state index in [1.54, 1.807) is 41.5 Å². The Morgan fingerprint density at radius 2 is 0.905 bits per heavy atom. The van der Waals surface area contributed by atoms with Crippen LogP contribution in [0, 0.1) is 0 Å². The molecule has 12 nitrogen and oxygen atoms in total. The van der Waals surface area contributed by atoms with E-state index in [0.29, 0.717) is 25.0 Å². The van der Waals surface area contributed by atoms with E-state index < -0.39 is 47.4 Å². The van der Waals surface area contributed by atoms with Crippen molar-refractivity contribution in [3.05, 3.63) is 119 Å². The number of carbonyl (C=O) groups is 5. The van der Waals surface area contributed by atoms with E-state index >= 15 is 0 Å². The molecular formula is C50H60N2O10S. The van der Waals surface area contributed by atoms with Crippen molar-refractivity contribution < 1.29 is 48.0 Å². The Hall–Kier alpha value is -5.66. The molecule has 63 heavy (non-hydrogen) atoms. The van der Waals surface area contributed by atoms with E-state index in [4.69, 9.17) is 24.1 Å². The molecule has 0 aliphatic heterocycles. The van der Waals surface area contributed by atoms with E-state index in [-0.39, 0.29) is 43.2 Å². The zero-order chi connectivity index (χ0) is 45.7. The minimum Gasteiger partial charge on any atom is -0.458 e. The van der Waals surface area contributed by atoms with Gasteiger partial charge in [-0.3, -0.25) is 4.79 Å². The molecule has 0 bridgehead atoms. The van der Waals surface area contributed by atoms with Crippen LogP contribution in [0.15, 0.2) is 97.1 Å². The molecule has 0 fully saturated rings. The van der Waals surface area contributed by atoms with Crippen molar-refractivity contribution in [3.8, 4) is 22.3 Å². The zero-order valence-electron chi connectivity index (χ0n) is 37.2. The molecule has 6 rings (SSSR count). The van der Waals surface area contributed by atoms with Crippen LogP contribution in [0.1, 0.15) is 108 Å². The predicted molar refractivity (Wildman–Crippen MR) is 244 cm³/mol. The van der Waals surface area contributed by atoms with Crippen LogP contribution in [0.3, 0.4) is 0 Å². The standard InChI is InChI=1S/C26H31NO5S.C24H29NO5/c1-17(28)33-15-9-14-23(24(29)32-26(2,3)4)27-25(30)31-16-22-20-12-7-5-10-18(20)19-11-6-8-13-21(19)22;1-24(2,3)30-22(27)21(13-8-14-26)25-23(28)29-15-20-18-11-6-4-9-16(18)17-10-5-7-12-19(17)20/h5-8,10-13,22-23H,9,14-16H2,1-4H3,(H,27,30);4-7,9-12,20-21,26H,8,13-15H2,1-3H3,(H,25,28). The van der Waals surface area contributed by atoms with Crippen molar-refractivity contribution in [2.24, 2.45) is 0 Å². The van der Waals surface area contributed by atoms with Gasteiger partial charge in [0.05, 0.1) is 0 Å². The van der Waals surface area contributed by atoms with Gasteiger partial charge in [-0.15, -0.1) is 0 Å². The topological polar surface area (TPSA) is 167 Å².